The number of carbonyl (C=O) groups is 2. The summed E-state index contributed by atoms with van der Waals surface area (Å²) in [6, 6.07) is 20.9. The van der Waals surface area contributed by atoms with Crippen LogP contribution in [0.15, 0.2) is 77.3 Å². The summed E-state index contributed by atoms with van der Waals surface area (Å²) in [5, 5.41) is 32.8. The quantitative estimate of drug-likeness (QED) is 0.164. The van der Waals surface area contributed by atoms with Gasteiger partial charge in [0.05, 0.1) is 26.2 Å². The van der Waals surface area contributed by atoms with E-state index in [2.05, 4.69) is 15.0 Å². The number of halogens is 3. The third-order valence-corrected chi connectivity index (χ3v) is 7.92. The lowest BCUT2D eigenvalue weighted by molar-refractivity contribution is -0.192. The molecule has 1 saturated heterocycles. The number of methoxy groups -OCH3 is 1. The van der Waals surface area contributed by atoms with Gasteiger partial charge in [0.1, 0.15) is 23.4 Å². The molecule has 0 saturated carbocycles. The Hall–Kier alpha value is -5.15. The van der Waals surface area contributed by atoms with Crippen LogP contribution in [0.4, 0.5) is 13.2 Å². The largest absolute Gasteiger partial charge is 0.508 e. The summed E-state index contributed by atoms with van der Waals surface area (Å²) in [5.74, 6) is -0.477. The van der Waals surface area contributed by atoms with Gasteiger partial charge < -0.3 is 39.1 Å². The molecule has 268 valence electrons. The fourth-order valence-corrected chi connectivity index (χ4v) is 5.38. The number of aliphatic hydroxyl groups excluding tert-OH is 1. The van der Waals surface area contributed by atoms with Gasteiger partial charge in [-0.2, -0.15) is 18.2 Å². The zero-order valence-corrected chi connectivity index (χ0v) is 27.5. The highest BCUT2D eigenvalue weighted by molar-refractivity contribution is 5.77. The highest BCUT2D eigenvalue weighted by Crippen LogP contribution is 2.28. The van der Waals surface area contributed by atoms with Crippen LogP contribution in [0.5, 0.6) is 17.2 Å². The Bertz CT molecular complexity index is 1680. The highest BCUT2D eigenvalue weighted by Gasteiger charge is 2.38. The Morgan fingerprint density at radius 2 is 1.66 bits per heavy atom. The van der Waals surface area contributed by atoms with Crippen LogP contribution in [0.1, 0.15) is 42.4 Å². The zero-order valence-electron chi connectivity index (χ0n) is 27.5. The van der Waals surface area contributed by atoms with E-state index in [0.29, 0.717) is 29.6 Å². The molecule has 1 amide bonds. The van der Waals surface area contributed by atoms with E-state index < -0.39 is 24.3 Å². The number of carboxylic acids is 1. The number of hydrogen-bond donors (Lipinski definition) is 3. The van der Waals surface area contributed by atoms with E-state index in [1.165, 1.54) is 0 Å². The Balaban J connectivity index is 0.000000727. The van der Waals surface area contributed by atoms with Crippen LogP contribution in [0, 0.1) is 6.92 Å². The van der Waals surface area contributed by atoms with Gasteiger partial charge in [0.15, 0.2) is 0 Å². The Morgan fingerprint density at radius 1 is 1.02 bits per heavy atom. The summed E-state index contributed by atoms with van der Waals surface area (Å²) >= 11 is 0. The molecule has 3 aromatic carbocycles. The molecule has 15 heteroatoms. The third-order valence-electron chi connectivity index (χ3n) is 7.92. The Labute approximate surface area is 286 Å². The number of likely N-dealkylation sites (tertiary alicyclic amines) is 1. The van der Waals surface area contributed by atoms with Gasteiger partial charge in [-0.1, -0.05) is 35.5 Å². The van der Waals surface area contributed by atoms with Crippen molar-refractivity contribution in [3.63, 3.8) is 0 Å². The van der Waals surface area contributed by atoms with Crippen molar-refractivity contribution in [3.8, 4) is 28.6 Å². The van der Waals surface area contributed by atoms with Gasteiger partial charge in [0.25, 0.3) is 0 Å². The first-order valence-corrected chi connectivity index (χ1v) is 15.8. The van der Waals surface area contributed by atoms with Crippen LogP contribution in [0.3, 0.4) is 0 Å². The number of carboxylic acid groups (broad SMARTS) is 1. The molecule has 0 unspecified atom stereocenters. The molecule has 3 N–H and O–H groups in total. The predicted octanol–water partition coefficient (Wildman–Crippen LogP) is 5.39. The normalized spacial score (nSPS) is 14.3. The van der Waals surface area contributed by atoms with Crippen LogP contribution < -0.4 is 9.47 Å². The molecule has 2 heterocycles. The SMILES string of the molecule is COc1ccc(OCCC(=O)N(Cc2cccc(-c3noc(C)n3)c2)[C@H](CN2CCCC2)[C@H](O)c2ccc(O)cc2)cc1.O=C(O)C(F)(F)F. The van der Waals surface area contributed by atoms with Crippen LogP contribution in [-0.2, 0) is 16.1 Å². The van der Waals surface area contributed by atoms with Crippen molar-refractivity contribution in [1.82, 2.24) is 19.9 Å². The second kappa shape index (κ2) is 17.5. The predicted molar refractivity (Wildman–Crippen MR) is 174 cm³/mol. The first-order chi connectivity index (χ1) is 23.8. The summed E-state index contributed by atoms with van der Waals surface area (Å²) in [4.78, 5) is 31.3. The maximum Gasteiger partial charge on any atom is 0.490 e. The fraction of sp³-hybridized carbons (Fsp3) is 0.371. The van der Waals surface area contributed by atoms with Crippen molar-refractivity contribution in [3.05, 3.63) is 89.8 Å². The van der Waals surface area contributed by atoms with Gasteiger partial charge in [-0.25, -0.2) is 4.79 Å². The number of aromatic hydroxyl groups is 1. The van der Waals surface area contributed by atoms with Crippen molar-refractivity contribution >= 4 is 11.9 Å². The molecule has 1 aliphatic rings. The number of aryl methyl sites for hydroxylation is 1. The zero-order chi connectivity index (χ0) is 36.3. The van der Waals surface area contributed by atoms with Gasteiger partial charge in [0.2, 0.25) is 17.6 Å². The minimum atomic E-state index is -5.08. The molecule has 0 aliphatic carbocycles. The van der Waals surface area contributed by atoms with Crippen LogP contribution in [0.2, 0.25) is 0 Å². The van der Waals surface area contributed by atoms with Crippen LogP contribution >= 0.6 is 0 Å². The maximum absolute atomic E-state index is 14.0. The number of benzene rings is 3. The lowest BCUT2D eigenvalue weighted by Gasteiger charge is -2.38. The van der Waals surface area contributed by atoms with Crippen molar-refractivity contribution in [2.45, 2.75) is 51.1 Å². The average Bonchev–Trinajstić information content (AvgIpc) is 3.78. The number of amides is 1. The maximum atomic E-state index is 14.0. The number of aliphatic hydroxyl groups is 1. The van der Waals surface area contributed by atoms with Crippen LogP contribution in [-0.4, -0.2) is 92.7 Å². The molecule has 5 rings (SSSR count). The number of rotatable bonds is 13. The number of alkyl halides is 3. The molecule has 0 radical (unpaired) electrons. The molecule has 1 fully saturated rings. The van der Waals surface area contributed by atoms with E-state index in [1.807, 2.05) is 36.4 Å². The van der Waals surface area contributed by atoms with Crippen molar-refractivity contribution in [2.24, 2.45) is 0 Å². The molecule has 2 atom stereocenters. The van der Waals surface area contributed by atoms with E-state index in [-0.39, 0.29) is 31.2 Å². The summed E-state index contributed by atoms with van der Waals surface area (Å²) in [5.41, 5.74) is 2.28. The first kappa shape index (κ1) is 37.7. The smallest absolute Gasteiger partial charge is 0.490 e. The van der Waals surface area contributed by atoms with Gasteiger partial charge >= 0.3 is 12.1 Å². The lowest BCUT2D eigenvalue weighted by atomic mass is 9.98. The second-order valence-corrected chi connectivity index (χ2v) is 11.5. The van der Waals surface area contributed by atoms with E-state index in [1.54, 1.807) is 55.3 Å². The minimum absolute atomic E-state index is 0.115. The number of phenolic OH excluding ortho intramolecular Hbond substituents is 1. The first-order valence-electron chi connectivity index (χ1n) is 15.8. The highest BCUT2D eigenvalue weighted by atomic mass is 19.4. The summed E-state index contributed by atoms with van der Waals surface area (Å²) in [7, 11) is 1.60. The lowest BCUT2D eigenvalue weighted by Crippen LogP contribution is -2.49. The average molecular weight is 701 g/mol. The Kier molecular flexibility index (Phi) is 13.2. The van der Waals surface area contributed by atoms with E-state index in [9.17, 15) is 28.2 Å². The second-order valence-electron chi connectivity index (χ2n) is 11.5. The molecular formula is C35H39F3N4O8. The number of carbonyl (C=O) groups excluding carboxylic acids is 1. The number of phenols is 1. The molecule has 50 heavy (non-hydrogen) atoms. The monoisotopic (exact) mass is 700 g/mol. The van der Waals surface area contributed by atoms with E-state index >= 15 is 0 Å². The Morgan fingerprint density at radius 3 is 2.24 bits per heavy atom. The van der Waals surface area contributed by atoms with Crippen molar-refractivity contribution < 1.29 is 52.1 Å². The van der Waals surface area contributed by atoms with Gasteiger partial charge in [0, 0.05) is 25.6 Å². The molecule has 12 nitrogen and oxygen atoms in total. The van der Waals surface area contributed by atoms with Crippen molar-refractivity contribution in [2.75, 3.05) is 33.4 Å². The number of hydrogen-bond acceptors (Lipinski definition) is 10. The van der Waals surface area contributed by atoms with E-state index in [0.717, 1.165) is 42.8 Å². The third kappa shape index (κ3) is 10.9. The van der Waals surface area contributed by atoms with Crippen LogP contribution in [0.25, 0.3) is 11.4 Å². The summed E-state index contributed by atoms with van der Waals surface area (Å²) < 4.78 is 48.0. The molecule has 4 aromatic rings. The van der Waals surface area contributed by atoms with Crippen molar-refractivity contribution in [1.29, 1.82) is 0 Å². The van der Waals surface area contributed by atoms with Gasteiger partial charge in [-0.05, 0) is 79.5 Å². The summed E-state index contributed by atoms with van der Waals surface area (Å²) in [6.07, 6.45) is -3.78. The molecule has 0 bridgehead atoms. The van der Waals surface area contributed by atoms with Gasteiger partial charge in [-0.15, -0.1) is 0 Å². The van der Waals surface area contributed by atoms with Gasteiger partial charge in [-0.3, -0.25) is 4.79 Å². The summed E-state index contributed by atoms with van der Waals surface area (Å²) in [6.45, 7) is 4.51. The molecule has 1 aliphatic heterocycles. The standard InChI is InChI=1S/C33H38N4O6.C2HF3O2/c1-23-34-33(35-43-23)26-7-5-6-24(20-26)21-37(31(39)16-19-42-29-14-12-28(41-2)13-15-29)30(22-36-17-3-4-18-36)32(40)25-8-10-27(38)11-9-25;3-2(4,5)1(6)7/h5-15,20,30,32,38,40H,3-4,16-19,21-22H2,1-2H3;(H,6,7)/t30-,32-;/m1./s1. The molecular weight excluding hydrogens is 661 g/mol. The molecule has 0 spiro atoms. The van der Waals surface area contributed by atoms with E-state index in [4.69, 9.17) is 23.9 Å². The number of aromatic nitrogens is 2. The minimum Gasteiger partial charge on any atom is -0.508 e. The fourth-order valence-electron chi connectivity index (χ4n) is 5.38. The molecule has 1 aromatic heterocycles. The topological polar surface area (TPSA) is 159 Å². The number of ether oxygens (including phenoxy) is 2. The number of aliphatic carboxylic acids is 1. The number of nitrogens with zero attached hydrogens (tertiary/aromatic N) is 4.